The van der Waals surface area contributed by atoms with E-state index < -0.39 is 0 Å². The van der Waals surface area contributed by atoms with Crippen LogP contribution in [0.25, 0.3) is 0 Å². The van der Waals surface area contributed by atoms with Crippen LogP contribution in [0.3, 0.4) is 0 Å². The standard InChI is InChI=1S/C20H19BrN2O/c1-24-19-11-10-15(13-17(19)21)14-23-20(16-7-3-2-4-8-16)18-9-5-6-12-22-18/h2-13,20,23H,14H2,1H3. The van der Waals surface area contributed by atoms with Crippen molar-refractivity contribution in [1.82, 2.24) is 10.3 Å². The molecule has 0 radical (unpaired) electrons. The molecule has 4 heteroatoms. The van der Waals surface area contributed by atoms with Crippen LogP contribution in [0.4, 0.5) is 0 Å². The molecule has 1 aromatic heterocycles. The van der Waals surface area contributed by atoms with Gasteiger partial charge >= 0.3 is 0 Å². The molecule has 1 heterocycles. The SMILES string of the molecule is COc1ccc(CNC(c2ccccc2)c2ccccn2)cc1Br. The van der Waals surface area contributed by atoms with E-state index in [4.69, 9.17) is 4.74 Å². The molecule has 2 aromatic carbocycles. The van der Waals surface area contributed by atoms with Crippen molar-refractivity contribution < 1.29 is 4.74 Å². The molecule has 3 rings (SSSR count). The number of halogens is 1. The molecule has 122 valence electrons. The number of ether oxygens (including phenoxy) is 1. The fourth-order valence-electron chi connectivity index (χ4n) is 2.63. The quantitative estimate of drug-likeness (QED) is 0.668. The summed E-state index contributed by atoms with van der Waals surface area (Å²) >= 11 is 3.54. The first kappa shape index (κ1) is 16.7. The minimum absolute atomic E-state index is 0.0493. The molecule has 0 saturated carbocycles. The first-order valence-corrected chi connectivity index (χ1v) is 8.59. The summed E-state index contributed by atoms with van der Waals surface area (Å²) in [7, 11) is 1.67. The smallest absolute Gasteiger partial charge is 0.133 e. The maximum Gasteiger partial charge on any atom is 0.133 e. The van der Waals surface area contributed by atoms with E-state index in [9.17, 15) is 0 Å². The average Bonchev–Trinajstić information content (AvgIpc) is 2.64. The number of nitrogens with one attached hydrogen (secondary N) is 1. The third kappa shape index (κ3) is 4.02. The fourth-order valence-corrected chi connectivity index (χ4v) is 3.21. The highest BCUT2D eigenvalue weighted by molar-refractivity contribution is 9.10. The van der Waals surface area contributed by atoms with Crippen molar-refractivity contribution >= 4 is 15.9 Å². The lowest BCUT2D eigenvalue weighted by atomic mass is 10.0. The van der Waals surface area contributed by atoms with Gasteiger partial charge < -0.3 is 10.1 Å². The summed E-state index contributed by atoms with van der Waals surface area (Å²) in [6.45, 7) is 0.735. The second-order valence-electron chi connectivity index (χ2n) is 5.45. The van der Waals surface area contributed by atoms with Gasteiger partial charge in [0.05, 0.1) is 23.3 Å². The lowest BCUT2D eigenvalue weighted by Gasteiger charge is -2.19. The van der Waals surface area contributed by atoms with Crippen molar-refractivity contribution in [3.8, 4) is 5.75 Å². The van der Waals surface area contributed by atoms with Crippen LogP contribution in [0.15, 0.2) is 77.4 Å². The summed E-state index contributed by atoms with van der Waals surface area (Å²) < 4.78 is 6.24. The molecule has 1 unspecified atom stereocenters. The summed E-state index contributed by atoms with van der Waals surface area (Å²) in [5, 5.41) is 3.61. The molecule has 0 amide bonds. The van der Waals surface area contributed by atoms with E-state index in [2.05, 4.69) is 68.7 Å². The first-order valence-electron chi connectivity index (χ1n) is 7.79. The number of benzene rings is 2. The van der Waals surface area contributed by atoms with Crippen molar-refractivity contribution in [3.63, 3.8) is 0 Å². The van der Waals surface area contributed by atoms with Crippen molar-refractivity contribution in [2.75, 3.05) is 7.11 Å². The largest absolute Gasteiger partial charge is 0.496 e. The number of aromatic nitrogens is 1. The molecule has 24 heavy (non-hydrogen) atoms. The van der Waals surface area contributed by atoms with Crippen molar-refractivity contribution in [3.05, 3.63) is 94.2 Å². The zero-order valence-corrected chi connectivity index (χ0v) is 15.0. The normalized spacial score (nSPS) is 11.9. The second-order valence-corrected chi connectivity index (χ2v) is 6.30. The lowest BCUT2D eigenvalue weighted by molar-refractivity contribution is 0.412. The molecule has 3 nitrogen and oxygen atoms in total. The molecule has 0 saturated heterocycles. The molecular formula is C20H19BrN2O. The highest BCUT2D eigenvalue weighted by Crippen LogP contribution is 2.26. The molecule has 1 N–H and O–H groups in total. The zero-order chi connectivity index (χ0) is 16.8. The van der Waals surface area contributed by atoms with Crippen LogP contribution in [-0.2, 0) is 6.54 Å². The Morgan fingerprint density at radius 2 is 1.83 bits per heavy atom. The predicted octanol–water partition coefficient (Wildman–Crippen LogP) is 4.73. The summed E-state index contributed by atoms with van der Waals surface area (Å²) in [6.07, 6.45) is 1.83. The van der Waals surface area contributed by atoms with Gasteiger partial charge in [-0.2, -0.15) is 0 Å². The molecule has 0 spiro atoms. The zero-order valence-electron chi connectivity index (χ0n) is 13.4. The highest BCUT2D eigenvalue weighted by atomic mass is 79.9. The Bertz CT molecular complexity index is 739. The number of hydrogen-bond acceptors (Lipinski definition) is 3. The van der Waals surface area contributed by atoms with E-state index >= 15 is 0 Å². The van der Waals surface area contributed by atoms with Crippen LogP contribution in [0.1, 0.15) is 22.9 Å². The molecular weight excluding hydrogens is 364 g/mol. The highest BCUT2D eigenvalue weighted by Gasteiger charge is 2.14. The van der Waals surface area contributed by atoms with Gasteiger partial charge in [0.1, 0.15) is 5.75 Å². The van der Waals surface area contributed by atoms with E-state index in [0.717, 1.165) is 22.5 Å². The van der Waals surface area contributed by atoms with Gasteiger partial charge in [0.25, 0.3) is 0 Å². The van der Waals surface area contributed by atoms with E-state index in [0.29, 0.717) is 0 Å². The summed E-state index contributed by atoms with van der Waals surface area (Å²) in [5.41, 5.74) is 3.39. The van der Waals surface area contributed by atoms with Gasteiger partial charge in [0.2, 0.25) is 0 Å². The Morgan fingerprint density at radius 3 is 2.50 bits per heavy atom. The van der Waals surface area contributed by atoms with E-state index in [1.165, 1.54) is 11.1 Å². The summed E-state index contributed by atoms with van der Waals surface area (Å²) in [6, 6.07) is 22.5. The fraction of sp³-hybridized carbons (Fsp3) is 0.150. The van der Waals surface area contributed by atoms with Crippen LogP contribution in [0.2, 0.25) is 0 Å². The molecule has 0 aliphatic heterocycles. The molecule has 3 aromatic rings. The second kappa shape index (κ2) is 8.08. The van der Waals surface area contributed by atoms with E-state index in [1.54, 1.807) is 7.11 Å². The van der Waals surface area contributed by atoms with Gasteiger partial charge in [0, 0.05) is 12.7 Å². The first-order chi connectivity index (χ1) is 11.8. The maximum atomic E-state index is 5.29. The number of methoxy groups -OCH3 is 1. The molecule has 0 fully saturated rings. The number of nitrogens with zero attached hydrogens (tertiary/aromatic N) is 1. The predicted molar refractivity (Wildman–Crippen MR) is 100 cm³/mol. The van der Waals surface area contributed by atoms with Gasteiger partial charge in [-0.3, -0.25) is 4.98 Å². The summed E-state index contributed by atoms with van der Waals surface area (Å²) in [4.78, 5) is 4.52. The van der Waals surface area contributed by atoms with Crippen molar-refractivity contribution in [2.45, 2.75) is 12.6 Å². The topological polar surface area (TPSA) is 34.1 Å². The van der Waals surface area contributed by atoms with Gasteiger partial charge in [-0.15, -0.1) is 0 Å². The van der Waals surface area contributed by atoms with Crippen LogP contribution >= 0.6 is 15.9 Å². The van der Waals surface area contributed by atoms with Gasteiger partial charge in [-0.1, -0.05) is 42.5 Å². The Balaban J connectivity index is 1.81. The third-order valence-electron chi connectivity index (χ3n) is 3.84. The maximum absolute atomic E-state index is 5.29. The summed E-state index contributed by atoms with van der Waals surface area (Å²) in [5.74, 6) is 0.836. The lowest BCUT2D eigenvalue weighted by Crippen LogP contribution is -2.22. The molecule has 1 atom stereocenters. The molecule has 0 bridgehead atoms. The average molecular weight is 383 g/mol. The number of hydrogen-bond donors (Lipinski definition) is 1. The molecule has 0 aliphatic carbocycles. The van der Waals surface area contributed by atoms with E-state index in [-0.39, 0.29) is 6.04 Å². The Morgan fingerprint density at radius 1 is 1.04 bits per heavy atom. The minimum atomic E-state index is 0.0493. The number of rotatable bonds is 6. The van der Waals surface area contributed by atoms with Crippen LogP contribution in [-0.4, -0.2) is 12.1 Å². The van der Waals surface area contributed by atoms with Gasteiger partial charge in [0.15, 0.2) is 0 Å². The van der Waals surface area contributed by atoms with Gasteiger partial charge in [-0.05, 0) is 51.3 Å². The Kier molecular flexibility index (Phi) is 5.62. The monoisotopic (exact) mass is 382 g/mol. The molecule has 0 aliphatic rings. The van der Waals surface area contributed by atoms with Crippen molar-refractivity contribution in [1.29, 1.82) is 0 Å². The third-order valence-corrected chi connectivity index (χ3v) is 4.46. The van der Waals surface area contributed by atoms with E-state index in [1.807, 2.05) is 30.5 Å². The Hall–Kier alpha value is -2.17. The van der Waals surface area contributed by atoms with Crippen LogP contribution < -0.4 is 10.1 Å². The minimum Gasteiger partial charge on any atom is -0.496 e. The van der Waals surface area contributed by atoms with Crippen molar-refractivity contribution in [2.24, 2.45) is 0 Å². The van der Waals surface area contributed by atoms with Crippen LogP contribution in [0.5, 0.6) is 5.75 Å². The van der Waals surface area contributed by atoms with Gasteiger partial charge in [-0.25, -0.2) is 0 Å². The Labute approximate surface area is 150 Å². The van der Waals surface area contributed by atoms with Crippen LogP contribution in [0, 0.1) is 0 Å². The number of pyridine rings is 1.